The minimum atomic E-state index is -0.818. The zero-order valence-electron chi connectivity index (χ0n) is 15.1. The molecule has 0 radical (unpaired) electrons. The van der Waals surface area contributed by atoms with Crippen LogP contribution in [-0.4, -0.2) is 22.2 Å². The minimum Gasteiger partial charge on any atom is -0.478 e. The molecule has 1 heterocycles. The number of benzene rings is 2. The van der Waals surface area contributed by atoms with E-state index in [9.17, 15) is 9.18 Å². The molecule has 1 amide bonds. The standard InChI is InChI=1S/C20H20FN3O3/c1-3-16(26-17-10-5-4-9-15(17)21)20(25)22-12-18-23-19(24-27-18)14-8-6-7-13(2)11-14/h4-11,16H,3,12H2,1-2H3,(H,22,25)/t16-/m1/s1. The lowest BCUT2D eigenvalue weighted by atomic mass is 10.1. The zero-order chi connectivity index (χ0) is 19.2. The first-order chi connectivity index (χ1) is 13.1. The number of nitrogens with one attached hydrogen (secondary N) is 1. The number of hydrogen-bond donors (Lipinski definition) is 1. The second kappa shape index (κ2) is 8.44. The number of aryl methyl sites for hydroxylation is 1. The fourth-order valence-electron chi connectivity index (χ4n) is 2.52. The van der Waals surface area contributed by atoms with Crippen LogP contribution < -0.4 is 10.1 Å². The highest BCUT2D eigenvalue weighted by Gasteiger charge is 2.20. The number of carbonyl (C=O) groups excluding carboxylic acids is 1. The van der Waals surface area contributed by atoms with Crippen molar-refractivity contribution in [2.75, 3.05) is 0 Å². The van der Waals surface area contributed by atoms with Crippen LogP contribution in [0.25, 0.3) is 11.4 Å². The van der Waals surface area contributed by atoms with E-state index in [1.807, 2.05) is 31.2 Å². The van der Waals surface area contributed by atoms with E-state index < -0.39 is 11.9 Å². The maximum atomic E-state index is 13.7. The van der Waals surface area contributed by atoms with Gasteiger partial charge in [-0.25, -0.2) is 4.39 Å². The molecule has 1 aromatic heterocycles. The third-order valence-electron chi connectivity index (χ3n) is 3.93. The first-order valence-corrected chi connectivity index (χ1v) is 8.65. The van der Waals surface area contributed by atoms with E-state index in [4.69, 9.17) is 9.26 Å². The van der Waals surface area contributed by atoms with E-state index in [1.54, 1.807) is 19.1 Å². The van der Waals surface area contributed by atoms with Gasteiger partial charge in [0.1, 0.15) is 0 Å². The second-order valence-corrected chi connectivity index (χ2v) is 6.04. The Hall–Kier alpha value is -3.22. The molecule has 0 fully saturated rings. The maximum Gasteiger partial charge on any atom is 0.261 e. The van der Waals surface area contributed by atoms with E-state index in [0.29, 0.717) is 12.2 Å². The average Bonchev–Trinajstić information content (AvgIpc) is 3.14. The smallest absolute Gasteiger partial charge is 0.261 e. The van der Waals surface area contributed by atoms with E-state index >= 15 is 0 Å². The summed E-state index contributed by atoms with van der Waals surface area (Å²) in [6, 6.07) is 13.7. The van der Waals surface area contributed by atoms with Crippen molar-refractivity contribution < 1.29 is 18.4 Å². The van der Waals surface area contributed by atoms with Gasteiger partial charge in [0, 0.05) is 5.56 Å². The molecule has 7 heteroatoms. The van der Waals surface area contributed by atoms with Gasteiger partial charge in [-0.05, 0) is 31.5 Å². The summed E-state index contributed by atoms with van der Waals surface area (Å²) in [4.78, 5) is 16.6. The van der Waals surface area contributed by atoms with Gasteiger partial charge in [-0.2, -0.15) is 4.98 Å². The molecule has 0 aliphatic heterocycles. The Morgan fingerprint density at radius 2 is 2.07 bits per heavy atom. The van der Waals surface area contributed by atoms with E-state index in [-0.39, 0.29) is 24.1 Å². The van der Waals surface area contributed by atoms with Crippen LogP contribution in [0.4, 0.5) is 4.39 Å². The Labute approximate surface area is 156 Å². The highest BCUT2D eigenvalue weighted by molar-refractivity contribution is 5.81. The van der Waals surface area contributed by atoms with Crippen LogP contribution in [-0.2, 0) is 11.3 Å². The molecule has 27 heavy (non-hydrogen) atoms. The quantitative estimate of drug-likeness (QED) is 0.688. The first kappa shape index (κ1) is 18.6. The maximum absolute atomic E-state index is 13.7. The zero-order valence-corrected chi connectivity index (χ0v) is 15.1. The van der Waals surface area contributed by atoms with Gasteiger partial charge >= 0.3 is 0 Å². The number of hydrogen-bond acceptors (Lipinski definition) is 5. The predicted octanol–water partition coefficient (Wildman–Crippen LogP) is 3.66. The summed E-state index contributed by atoms with van der Waals surface area (Å²) < 4.78 is 24.4. The summed E-state index contributed by atoms with van der Waals surface area (Å²) in [5.41, 5.74) is 1.92. The van der Waals surface area contributed by atoms with Crippen LogP contribution in [0.5, 0.6) is 5.75 Å². The highest BCUT2D eigenvalue weighted by atomic mass is 19.1. The van der Waals surface area contributed by atoms with Crippen molar-refractivity contribution in [2.24, 2.45) is 0 Å². The number of halogens is 1. The van der Waals surface area contributed by atoms with Crippen molar-refractivity contribution in [1.29, 1.82) is 0 Å². The summed E-state index contributed by atoms with van der Waals surface area (Å²) >= 11 is 0. The van der Waals surface area contributed by atoms with Gasteiger partial charge in [0.15, 0.2) is 17.7 Å². The average molecular weight is 369 g/mol. The topological polar surface area (TPSA) is 77.2 Å². The molecule has 0 saturated carbocycles. The number of ether oxygens (including phenoxy) is 1. The third kappa shape index (κ3) is 4.69. The molecule has 3 aromatic rings. The number of aromatic nitrogens is 2. The monoisotopic (exact) mass is 369 g/mol. The lowest BCUT2D eigenvalue weighted by molar-refractivity contribution is -0.128. The molecule has 0 aliphatic rings. The Balaban J connectivity index is 1.60. The molecular weight excluding hydrogens is 349 g/mol. The van der Waals surface area contributed by atoms with Gasteiger partial charge < -0.3 is 14.6 Å². The SMILES string of the molecule is CC[C@@H](Oc1ccccc1F)C(=O)NCc1nc(-c2cccc(C)c2)no1. The lowest BCUT2D eigenvalue weighted by Crippen LogP contribution is -2.37. The summed E-state index contributed by atoms with van der Waals surface area (Å²) in [5, 5.41) is 6.61. The normalized spacial score (nSPS) is 11.8. The summed E-state index contributed by atoms with van der Waals surface area (Å²) in [6.45, 7) is 3.83. The van der Waals surface area contributed by atoms with Gasteiger partial charge in [0.2, 0.25) is 11.7 Å². The molecule has 0 saturated heterocycles. The van der Waals surface area contributed by atoms with Gasteiger partial charge in [-0.3, -0.25) is 4.79 Å². The van der Waals surface area contributed by atoms with Gasteiger partial charge in [0.05, 0.1) is 6.54 Å². The molecule has 1 atom stereocenters. The fourth-order valence-corrected chi connectivity index (χ4v) is 2.52. The van der Waals surface area contributed by atoms with E-state index in [2.05, 4.69) is 15.5 Å². The van der Waals surface area contributed by atoms with Gasteiger partial charge in [0.25, 0.3) is 5.91 Å². The Morgan fingerprint density at radius 1 is 1.26 bits per heavy atom. The Bertz CT molecular complexity index is 926. The number of amides is 1. The van der Waals surface area contributed by atoms with Crippen LogP contribution in [0.2, 0.25) is 0 Å². The molecule has 2 aromatic carbocycles. The summed E-state index contributed by atoms with van der Waals surface area (Å²) in [7, 11) is 0. The van der Waals surface area contributed by atoms with Crippen LogP contribution >= 0.6 is 0 Å². The van der Waals surface area contributed by atoms with Crippen LogP contribution in [0.15, 0.2) is 53.1 Å². The number of para-hydroxylation sites is 1. The largest absolute Gasteiger partial charge is 0.478 e. The molecule has 0 aliphatic carbocycles. The van der Waals surface area contributed by atoms with Crippen molar-refractivity contribution in [3.8, 4) is 17.1 Å². The number of rotatable bonds is 7. The van der Waals surface area contributed by atoms with Crippen molar-refractivity contribution in [1.82, 2.24) is 15.5 Å². The summed E-state index contributed by atoms with van der Waals surface area (Å²) in [6.07, 6.45) is -0.431. The van der Waals surface area contributed by atoms with Crippen LogP contribution in [0, 0.1) is 12.7 Å². The molecule has 1 N–H and O–H groups in total. The molecular formula is C20H20FN3O3. The summed E-state index contributed by atoms with van der Waals surface area (Å²) in [5.74, 6) is -0.114. The van der Waals surface area contributed by atoms with Crippen LogP contribution in [0.1, 0.15) is 24.8 Å². The first-order valence-electron chi connectivity index (χ1n) is 8.65. The molecule has 140 valence electrons. The highest BCUT2D eigenvalue weighted by Crippen LogP contribution is 2.19. The van der Waals surface area contributed by atoms with E-state index in [0.717, 1.165) is 11.1 Å². The van der Waals surface area contributed by atoms with Crippen molar-refractivity contribution in [3.63, 3.8) is 0 Å². The predicted molar refractivity (Wildman–Crippen MR) is 97.4 cm³/mol. The second-order valence-electron chi connectivity index (χ2n) is 6.04. The number of nitrogens with zero attached hydrogens (tertiary/aromatic N) is 2. The van der Waals surface area contributed by atoms with E-state index in [1.165, 1.54) is 12.1 Å². The van der Waals surface area contributed by atoms with Crippen molar-refractivity contribution in [3.05, 3.63) is 65.8 Å². The van der Waals surface area contributed by atoms with Gasteiger partial charge in [-0.15, -0.1) is 0 Å². The van der Waals surface area contributed by atoms with Crippen molar-refractivity contribution >= 4 is 5.91 Å². The molecule has 3 rings (SSSR count). The van der Waals surface area contributed by atoms with Crippen LogP contribution in [0.3, 0.4) is 0 Å². The Kier molecular flexibility index (Phi) is 5.80. The Morgan fingerprint density at radius 3 is 2.81 bits per heavy atom. The third-order valence-corrected chi connectivity index (χ3v) is 3.93. The van der Waals surface area contributed by atoms with Crippen molar-refractivity contribution in [2.45, 2.75) is 32.9 Å². The molecule has 6 nitrogen and oxygen atoms in total. The van der Waals surface area contributed by atoms with Gasteiger partial charge in [-0.1, -0.05) is 48.0 Å². The molecule has 0 spiro atoms. The minimum absolute atomic E-state index is 0.0408. The number of carbonyl (C=O) groups is 1. The molecule has 0 bridgehead atoms. The molecule has 0 unspecified atom stereocenters. The fraction of sp³-hybridized carbons (Fsp3) is 0.250. The lowest BCUT2D eigenvalue weighted by Gasteiger charge is -2.17.